The molecule has 1 saturated carbocycles. The summed E-state index contributed by atoms with van der Waals surface area (Å²) in [4.78, 5) is 11.6. The van der Waals surface area contributed by atoms with E-state index in [1.165, 1.54) is 0 Å². The number of amides is 1. The van der Waals surface area contributed by atoms with Crippen molar-refractivity contribution in [3.8, 4) is 0 Å². The van der Waals surface area contributed by atoms with Gasteiger partial charge in [-0.2, -0.15) is 0 Å². The van der Waals surface area contributed by atoms with Crippen LogP contribution in [0.1, 0.15) is 53.4 Å². The first-order chi connectivity index (χ1) is 7.21. The molecule has 1 amide bonds. The zero-order chi connectivity index (χ0) is 12.4. The molecular formula is C12H23NO3. The summed E-state index contributed by atoms with van der Waals surface area (Å²) in [6, 6.07) is -0.198. The minimum absolute atomic E-state index is 0.198. The summed E-state index contributed by atoms with van der Waals surface area (Å²) >= 11 is 0. The Balaban J connectivity index is 2.49. The van der Waals surface area contributed by atoms with Crippen molar-refractivity contribution in [3.63, 3.8) is 0 Å². The summed E-state index contributed by atoms with van der Waals surface area (Å²) in [5.74, 6) is 0. The molecule has 0 aromatic heterocycles. The molecular weight excluding hydrogens is 206 g/mol. The second-order valence-corrected chi connectivity index (χ2v) is 5.80. The molecule has 0 radical (unpaired) electrons. The van der Waals surface area contributed by atoms with E-state index < -0.39 is 17.3 Å². The monoisotopic (exact) mass is 229 g/mol. The molecule has 16 heavy (non-hydrogen) atoms. The smallest absolute Gasteiger partial charge is 0.407 e. The lowest BCUT2D eigenvalue weighted by Gasteiger charge is -2.37. The molecule has 4 nitrogen and oxygen atoms in total. The van der Waals surface area contributed by atoms with Crippen LogP contribution >= 0.6 is 0 Å². The second-order valence-electron chi connectivity index (χ2n) is 5.80. The van der Waals surface area contributed by atoms with Crippen LogP contribution in [-0.4, -0.2) is 28.4 Å². The van der Waals surface area contributed by atoms with Crippen LogP contribution in [0, 0.1) is 0 Å². The van der Waals surface area contributed by atoms with Crippen LogP contribution in [0.3, 0.4) is 0 Å². The van der Waals surface area contributed by atoms with E-state index in [-0.39, 0.29) is 6.04 Å². The van der Waals surface area contributed by atoms with Gasteiger partial charge in [0.15, 0.2) is 0 Å². The highest BCUT2D eigenvalue weighted by molar-refractivity contribution is 5.68. The van der Waals surface area contributed by atoms with Crippen molar-refractivity contribution in [3.05, 3.63) is 0 Å². The third-order valence-corrected chi connectivity index (χ3v) is 2.87. The zero-order valence-electron chi connectivity index (χ0n) is 10.7. The van der Waals surface area contributed by atoms with E-state index in [9.17, 15) is 9.90 Å². The largest absolute Gasteiger partial charge is 0.444 e. The Morgan fingerprint density at radius 3 is 2.56 bits per heavy atom. The summed E-state index contributed by atoms with van der Waals surface area (Å²) in [5, 5.41) is 12.9. The van der Waals surface area contributed by atoms with Crippen molar-refractivity contribution in [2.45, 2.75) is 70.6 Å². The molecule has 94 valence electrons. The van der Waals surface area contributed by atoms with Crippen molar-refractivity contribution >= 4 is 6.09 Å². The van der Waals surface area contributed by atoms with Crippen LogP contribution in [0.4, 0.5) is 4.79 Å². The highest BCUT2D eigenvalue weighted by Gasteiger charge is 2.36. The maximum atomic E-state index is 11.6. The van der Waals surface area contributed by atoms with Crippen molar-refractivity contribution in [2.24, 2.45) is 0 Å². The van der Waals surface area contributed by atoms with Crippen molar-refractivity contribution in [2.75, 3.05) is 0 Å². The third-order valence-electron chi connectivity index (χ3n) is 2.87. The van der Waals surface area contributed by atoms with E-state index >= 15 is 0 Å². The quantitative estimate of drug-likeness (QED) is 0.724. The van der Waals surface area contributed by atoms with Gasteiger partial charge in [0.25, 0.3) is 0 Å². The van der Waals surface area contributed by atoms with Gasteiger partial charge in [-0.1, -0.05) is 12.8 Å². The molecule has 0 bridgehead atoms. The normalized spacial score (nSPS) is 30.9. The van der Waals surface area contributed by atoms with Gasteiger partial charge in [0.1, 0.15) is 5.60 Å². The summed E-state index contributed by atoms with van der Waals surface area (Å²) in [7, 11) is 0. The standard InChI is InChI=1S/C12H23NO3/c1-11(2,3)16-10(14)13-9-7-5-6-8-12(9,4)15/h9,15H,5-8H2,1-4H3,(H,13,14)/t9?,12-/m0/s1. The first-order valence-electron chi connectivity index (χ1n) is 5.93. The Kier molecular flexibility index (Phi) is 3.84. The topological polar surface area (TPSA) is 58.6 Å². The van der Waals surface area contributed by atoms with Crippen LogP contribution in [0.2, 0.25) is 0 Å². The van der Waals surface area contributed by atoms with Crippen molar-refractivity contribution < 1.29 is 14.6 Å². The van der Waals surface area contributed by atoms with Crippen LogP contribution in [0.5, 0.6) is 0 Å². The molecule has 1 aliphatic rings. The molecule has 4 heteroatoms. The number of alkyl carbamates (subject to hydrolysis) is 1. The average molecular weight is 229 g/mol. The summed E-state index contributed by atoms with van der Waals surface area (Å²) in [6.07, 6.45) is 3.15. The first kappa shape index (κ1) is 13.3. The molecule has 0 saturated heterocycles. The Hall–Kier alpha value is -0.770. The molecule has 0 aromatic rings. The fourth-order valence-electron chi connectivity index (χ4n) is 1.99. The summed E-state index contributed by atoms with van der Waals surface area (Å²) in [6.45, 7) is 7.25. The number of hydrogen-bond acceptors (Lipinski definition) is 3. The summed E-state index contributed by atoms with van der Waals surface area (Å²) in [5.41, 5.74) is -1.31. The second kappa shape index (κ2) is 4.62. The Morgan fingerprint density at radius 1 is 1.44 bits per heavy atom. The van der Waals surface area contributed by atoms with E-state index in [1.807, 2.05) is 20.8 Å². The van der Waals surface area contributed by atoms with Gasteiger partial charge in [0.2, 0.25) is 0 Å². The van der Waals surface area contributed by atoms with Gasteiger partial charge in [-0.15, -0.1) is 0 Å². The van der Waals surface area contributed by atoms with E-state index in [0.717, 1.165) is 25.7 Å². The number of carbonyl (C=O) groups excluding carboxylic acids is 1. The van der Waals surface area contributed by atoms with Crippen molar-refractivity contribution in [1.82, 2.24) is 5.32 Å². The molecule has 2 N–H and O–H groups in total. The minimum Gasteiger partial charge on any atom is -0.444 e. The molecule has 1 unspecified atom stereocenters. The van der Waals surface area contributed by atoms with E-state index in [1.54, 1.807) is 6.92 Å². The van der Waals surface area contributed by atoms with E-state index in [2.05, 4.69) is 5.32 Å². The molecule has 0 heterocycles. The third kappa shape index (κ3) is 4.00. The van der Waals surface area contributed by atoms with Gasteiger partial charge < -0.3 is 15.2 Å². The van der Waals surface area contributed by atoms with Crippen LogP contribution in [-0.2, 0) is 4.74 Å². The average Bonchev–Trinajstić information content (AvgIpc) is 2.05. The lowest BCUT2D eigenvalue weighted by Crippen LogP contribution is -2.53. The van der Waals surface area contributed by atoms with Gasteiger partial charge >= 0.3 is 6.09 Å². The number of ether oxygens (including phenoxy) is 1. The fraction of sp³-hybridized carbons (Fsp3) is 0.917. The highest BCUT2D eigenvalue weighted by Crippen LogP contribution is 2.28. The molecule has 1 rings (SSSR count). The zero-order valence-corrected chi connectivity index (χ0v) is 10.7. The van der Waals surface area contributed by atoms with Crippen LogP contribution in [0.15, 0.2) is 0 Å². The van der Waals surface area contributed by atoms with E-state index in [0.29, 0.717) is 0 Å². The molecule has 1 aliphatic carbocycles. The Labute approximate surface area is 97.4 Å². The number of rotatable bonds is 1. The first-order valence-corrected chi connectivity index (χ1v) is 5.93. The van der Waals surface area contributed by atoms with Crippen LogP contribution in [0.25, 0.3) is 0 Å². The Bertz CT molecular complexity index is 255. The lowest BCUT2D eigenvalue weighted by atomic mass is 9.82. The number of carbonyl (C=O) groups is 1. The minimum atomic E-state index is -0.810. The number of nitrogens with one attached hydrogen (secondary N) is 1. The molecule has 2 atom stereocenters. The van der Waals surface area contributed by atoms with Gasteiger partial charge in [-0.05, 0) is 40.5 Å². The van der Waals surface area contributed by atoms with Gasteiger partial charge in [0, 0.05) is 0 Å². The van der Waals surface area contributed by atoms with Gasteiger partial charge in [0.05, 0.1) is 11.6 Å². The predicted octanol–water partition coefficient (Wildman–Crippen LogP) is 2.20. The highest BCUT2D eigenvalue weighted by atomic mass is 16.6. The van der Waals surface area contributed by atoms with Crippen molar-refractivity contribution in [1.29, 1.82) is 0 Å². The SMILES string of the molecule is CC(C)(C)OC(=O)NC1CCCC[C@]1(C)O. The number of aliphatic hydroxyl groups is 1. The summed E-state index contributed by atoms with van der Waals surface area (Å²) < 4.78 is 5.17. The van der Waals surface area contributed by atoms with Crippen LogP contribution < -0.4 is 5.32 Å². The van der Waals surface area contributed by atoms with E-state index in [4.69, 9.17) is 4.74 Å². The molecule has 0 aromatic carbocycles. The predicted molar refractivity (Wildman–Crippen MR) is 62.2 cm³/mol. The van der Waals surface area contributed by atoms with Gasteiger partial charge in [-0.3, -0.25) is 0 Å². The molecule has 0 spiro atoms. The number of hydrogen-bond donors (Lipinski definition) is 2. The Morgan fingerprint density at radius 2 is 2.06 bits per heavy atom. The molecule has 0 aliphatic heterocycles. The maximum absolute atomic E-state index is 11.6. The lowest BCUT2D eigenvalue weighted by molar-refractivity contribution is -0.0171. The molecule has 1 fully saturated rings. The maximum Gasteiger partial charge on any atom is 0.407 e. The fourth-order valence-corrected chi connectivity index (χ4v) is 1.99. The van der Waals surface area contributed by atoms with Gasteiger partial charge in [-0.25, -0.2) is 4.79 Å².